The maximum absolute atomic E-state index is 13.1. The number of aryl methyl sites for hydroxylation is 1. The number of benzene rings is 1. The van der Waals surface area contributed by atoms with Crippen LogP contribution in [0.25, 0.3) is 0 Å². The van der Waals surface area contributed by atoms with Crippen molar-refractivity contribution >= 4 is 0 Å². The zero-order valence-corrected chi connectivity index (χ0v) is 10.5. The summed E-state index contributed by atoms with van der Waals surface area (Å²) in [4.78, 5) is 0. The summed E-state index contributed by atoms with van der Waals surface area (Å²) in [6.07, 6.45) is -0.177. The summed E-state index contributed by atoms with van der Waals surface area (Å²) in [5.74, 6) is 0. The second-order valence-electron chi connectivity index (χ2n) is 5.21. The van der Waals surface area contributed by atoms with Crippen LogP contribution in [0.2, 0.25) is 0 Å². The van der Waals surface area contributed by atoms with Gasteiger partial charge in [-0.1, -0.05) is 31.4 Å². The van der Waals surface area contributed by atoms with Crippen LogP contribution in [0.5, 0.6) is 0 Å². The highest BCUT2D eigenvalue weighted by atomic mass is 19.4. The van der Waals surface area contributed by atoms with Crippen LogP contribution in [0.3, 0.4) is 0 Å². The molecule has 0 aromatic heterocycles. The number of alkyl halides is 3. The Hall–Kier alpha value is -1.03. The van der Waals surface area contributed by atoms with Crippen LogP contribution < -0.4 is 5.73 Å². The summed E-state index contributed by atoms with van der Waals surface area (Å²) in [5, 5.41) is 0. The molecule has 1 saturated carbocycles. The minimum Gasteiger partial charge on any atom is -0.321 e. The van der Waals surface area contributed by atoms with Crippen LogP contribution >= 0.6 is 0 Å². The van der Waals surface area contributed by atoms with Crippen molar-refractivity contribution in [1.82, 2.24) is 0 Å². The monoisotopic (exact) mass is 257 g/mol. The Morgan fingerprint density at radius 3 is 2.28 bits per heavy atom. The van der Waals surface area contributed by atoms with Gasteiger partial charge in [0.05, 0.1) is 5.56 Å². The van der Waals surface area contributed by atoms with E-state index in [1.807, 2.05) is 0 Å². The zero-order chi connectivity index (χ0) is 13.4. The second-order valence-corrected chi connectivity index (χ2v) is 5.21. The minimum absolute atomic E-state index is 0.303. The Balaban J connectivity index is 2.55. The molecule has 0 saturated heterocycles. The second kappa shape index (κ2) is 4.57. The maximum atomic E-state index is 13.1. The molecule has 1 aliphatic carbocycles. The standard InChI is InChI=1S/C14H18F3N/c1-10-6-5-7-11(14(15,16)17)12(10)13(18)8-3-2-4-9-13/h5-7H,2-4,8-9,18H2,1H3. The average Bonchev–Trinajstić information content (AvgIpc) is 2.28. The molecule has 2 rings (SSSR count). The third-order valence-corrected chi connectivity index (χ3v) is 3.82. The van der Waals surface area contributed by atoms with Gasteiger partial charge in [-0.3, -0.25) is 0 Å². The van der Waals surface area contributed by atoms with E-state index in [1.165, 1.54) is 6.07 Å². The molecule has 0 aliphatic heterocycles. The topological polar surface area (TPSA) is 26.0 Å². The van der Waals surface area contributed by atoms with Crippen LogP contribution in [0.15, 0.2) is 18.2 Å². The van der Waals surface area contributed by atoms with Gasteiger partial charge in [-0.05, 0) is 37.0 Å². The van der Waals surface area contributed by atoms with Gasteiger partial charge >= 0.3 is 6.18 Å². The van der Waals surface area contributed by atoms with Crippen molar-refractivity contribution in [2.45, 2.75) is 50.7 Å². The highest BCUT2D eigenvalue weighted by Gasteiger charge is 2.41. The average molecular weight is 257 g/mol. The van der Waals surface area contributed by atoms with Gasteiger partial charge in [-0.25, -0.2) is 0 Å². The van der Waals surface area contributed by atoms with Gasteiger partial charge < -0.3 is 5.73 Å². The molecule has 0 amide bonds. The Morgan fingerprint density at radius 1 is 1.11 bits per heavy atom. The van der Waals surface area contributed by atoms with Gasteiger partial charge in [0.1, 0.15) is 0 Å². The fraction of sp³-hybridized carbons (Fsp3) is 0.571. The molecule has 0 heterocycles. The summed E-state index contributed by atoms with van der Waals surface area (Å²) < 4.78 is 39.3. The smallest absolute Gasteiger partial charge is 0.321 e. The molecule has 1 nitrogen and oxygen atoms in total. The van der Waals surface area contributed by atoms with Crippen LogP contribution in [-0.2, 0) is 11.7 Å². The predicted molar refractivity (Wildman–Crippen MR) is 65.1 cm³/mol. The highest BCUT2D eigenvalue weighted by molar-refractivity contribution is 5.42. The Kier molecular flexibility index (Phi) is 3.41. The SMILES string of the molecule is Cc1cccc(C(F)(F)F)c1C1(N)CCCCC1. The molecule has 0 radical (unpaired) electrons. The summed E-state index contributed by atoms with van der Waals surface area (Å²) in [6, 6.07) is 4.31. The summed E-state index contributed by atoms with van der Waals surface area (Å²) >= 11 is 0. The van der Waals surface area contributed by atoms with Crippen molar-refractivity contribution < 1.29 is 13.2 Å². The van der Waals surface area contributed by atoms with Gasteiger partial charge in [-0.15, -0.1) is 0 Å². The summed E-state index contributed by atoms with van der Waals surface area (Å²) in [7, 11) is 0. The van der Waals surface area contributed by atoms with E-state index in [0.29, 0.717) is 24.0 Å². The molecular weight excluding hydrogens is 239 g/mol. The van der Waals surface area contributed by atoms with Crippen LogP contribution in [0.4, 0.5) is 13.2 Å². The van der Waals surface area contributed by atoms with Crippen molar-refractivity contribution in [2.24, 2.45) is 5.73 Å². The molecule has 1 aliphatic rings. The Morgan fingerprint density at radius 2 is 1.72 bits per heavy atom. The third kappa shape index (κ3) is 2.39. The van der Waals surface area contributed by atoms with Crippen molar-refractivity contribution in [3.8, 4) is 0 Å². The summed E-state index contributed by atoms with van der Waals surface area (Å²) in [6.45, 7) is 1.72. The molecule has 0 spiro atoms. The Bertz CT molecular complexity index is 431. The van der Waals surface area contributed by atoms with Gasteiger partial charge in [0.15, 0.2) is 0 Å². The lowest BCUT2D eigenvalue weighted by Crippen LogP contribution is -2.41. The van der Waals surface area contributed by atoms with E-state index in [4.69, 9.17) is 5.73 Å². The first-order chi connectivity index (χ1) is 8.34. The van der Waals surface area contributed by atoms with E-state index < -0.39 is 17.3 Å². The van der Waals surface area contributed by atoms with E-state index in [1.54, 1.807) is 13.0 Å². The highest BCUT2D eigenvalue weighted by Crippen LogP contribution is 2.43. The maximum Gasteiger partial charge on any atom is 0.416 e. The zero-order valence-electron chi connectivity index (χ0n) is 10.5. The number of hydrogen-bond donors (Lipinski definition) is 1. The fourth-order valence-corrected chi connectivity index (χ4v) is 3.00. The molecule has 18 heavy (non-hydrogen) atoms. The van der Waals surface area contributed by atoms with Crippen LogP contribution in [-0.4, -0.2) is 0 Å². The minimum atomic E-state index is -4.33. The molecule has 1 fully saturated rings. The largest absolute Gasteiger partial charge is 0.416 e. The first kappa shape index (κ1) is 13.4. The number of halogens is 3. The molecule has 0 bridgehead atoms. The van der Waals surface area contributed by atoms with E-state index in [-0.39, 0.29) is 0 Å². The van der Waals surface area contributed by atoms with Crippen molar-refractivity contribution in [2.75, 3.05) is 0 Å². The molecule has 100 valence electrons. The first-order valence-corrected chi connectivity index (χ1v) is 6.31. The quantitative estimate of drug-likeness (QED) is 0.804. The normalized spacial score (nSPS) is 19.8. The number of nitrogens with two attached hydrogens (primary N) is 1. The molecule has 2 N–H and O–H groups in total. The Labute approximate surface area is 105 Å². The van der Waals surface area contributed by atoms with Gasteiger partial charge in [0, 0.05) is 5.54 Å². The van der Waals surface area contributed by atoms with Crippen molar-refractivity contribution in [1.29, 1.82) is 0 Å². The summed E-state index contributed by atoms with van der Waals surface area (Å²) in [5.41, 5.74) is 5.85. The number of hydrogen-bond acceptors (Lipinski definition) is 1. The van der Waals surface area contributed by atoms with E-state index in [0.717, 1.165) is 25.3 Å². The molecule has 1 aromatic rings. The first-order valence-electron chi connectivity index (χ1n) is 6.31. The van der Waals surface area contributed by atoms with Crippen LogP contribution in [0, 0.1) is 6.92 Å². The van der Waals surface area contributed by atoms with Gasteiger partial charge in [-0.2, -0.15) is 13.2 Å². The van der Waals surface area contributed by atoms with Gasteiger partial charge in [0.25, 0.3) is 0 Å². The predicted octanol–water partition coefficient (Wildman–Crippen LogP) is 4.13. The lowest BCUT2D eigenvalue weighted by atomic mass is 9.74. The third-order valence-electron chi connectivity index (χ3n) is 3.82. The molecule has 4 heteroatoms. The molecule has 1 aromatic carbocycles. The van der Waals surface area contributed by atoms with Crippen molar-refractivity contribution in [3.63, 3.8) is 0 Å². The van der Waals surface area contributed by atoms with E-state index >= 15 is 0 Å². The molecule has 0 unspecified atom stereocenters. The number of rotatable bonds is 1. The van der Waals surface area contributed by atoms with Crippen LogP contribution in [0.1, 0.15) is 48.8 Å². The van der Waals surface area contributed by atoms with Gasteiger partial charge in [0.2, 0.25) is 0 Å². The molecular formula is C14H18F3N. The van der Waals surface area contributed by atoms with E-state index in [9.17, 15) is 13.2 Å². The van der Waals surface area contributed by atoms with Crippen molar-refractivity contribution in [3.05, 3.63) is 34.9 Å². The lowest BCUT2D eigenvalue weighted by Gasteiger charge is -2.37. The fourth-order valence-electron chi connectivity index (χ4n) is 3.00. The molecule has 0 atom stereocenters. The van der Waals surface area contributed by atoms with E-state index in [2.05, 4.69) is 0 Å². The lowest BCUT2D eigenvalue weighted by molar-refractivity contribution is -0.139.